The zero-order chi connectivity index (χ0) is 11.1. The van der Waals surface area contributed by atoms with Crippen LogP contribution in [0.25, 0.3) is 0 Å². The van der Waals surface area contributed by atoms with E-state index in [1.165, 1.54) is 0 Å². The predicted molar refractivity (Wildman–Crippen MR) is 56.6 cm³/mol. The third-order valence-electron chi connectivity index (χ3n) is 2.86. The Labute approximate surface area is 89.0 Å². The second kappa shape index (κ2) is 3.45. The van der Waals surface area contributed by atoms with Crippen LogP contribution in [-0.4, -0.2) is 20.0 Å². The molecule has 2 rings (SSSR count). The molecule has 0 radical (unpaired) electrons. The molecule has 80 valence electrons. The quantitative estimate of drug-likeness (QED) is 0.708. The molecular formula is C11H12O3S. The number of aldehydes is 1. The van der Waals surface area contributed by atoms with Crippen molar-refractivity contribution in [1.29, 1.82) is 0 Å². The first kappa shape index (κ1) is 10.4. The highest BCUT2D eigenvalue weighted by atomic mass is 32.2. The topological polar surface area (TPSA) is 51.2 Å². The van der Waals surface area contributed by atoms with Crippen molar-refractivity contribution in [2.75, 3.05) is 0 Å². The van der Waals surface area contributed by atoms with Gasteiger partial charge in [0.25, 0.3) is 0 Å². The molecule has 0 spiro atoms. The van der Waals surface area contributed by atoms with E-state index in [4.69, 9.17) is 0 Å². The maximum atomic E-state index is 11.9. The van der Waals surface area contributed by atoms with Gasteiger partial charge in [-0.15, -0.1) is 0 Å². The Balaban J connectivity index is 2.63. The van der Waals surface area contributed by atoms with E-state index in [0.29, 0.717) is 17.7 Å². The van der Waals surface area contributed by atoms with Gasteiger partial charge in [-0.1, -0.05) is 12.1 Å². The van der Waals surface area contributed by atoms with Crippen LogP contribution in [0, 0.1) is 0 Å². The van der Waals surface area contributed by atoms with Crippen LogP contribution in [0.4, 0.5) is 0 Å². The molecule has 0 saturated carbocycles. The van der Waals surface area contributed by atoms with E-state index in [2.05, 4.69) is 0 Å². The van der Waals surface area contributed by atoms with Gasteiger partial charge in [0, 0.05) is 6.42 Å². The second-order valence-electron chi connectivity index (χ2n) is 3.82. The van der Waals surface area contributed by atoms with Crippen LogP contribution in [0.3, 0.4) is 0 Å². The molecule has 1 aromatic carbocycles. The average molecular weight is 224 g/mol. The zero-order valence-electron chi connectivity index (χ0n) is 8.43. The van der Waals surface area contributed by atoms with Gasteiger partial charge in [0.2, 0.25) is 0 Å². The number of hydrogen-bond donors (Lipinski definition) is 0. The summed E-state index contributed by atoms with van der Waals surface area (Å²) < 4.78 is 23.7. The molecule has 1 aliphatic rings. The Bertz CT molecular complexity index is 503. The van der Waals surface area contributed by atoms with Crippen molar-refractivity contribution in [2.45, 2.75) is 29.9 Å². The molecule has 15 heavy (non-hydrogen) atoms. The molecule has 0 fully saturated rings. The highest BCUT2D eigenvalue weighted by Crippen LogP contribution is 2.33. The van der Waals surface area contributed by atoms with Crippen LogP contribution < -0.4 is 0 Å². The van der Waals surface area contributed by atoms with Gasteiger partial charge in [-0.05, 0) is 30.5 Å². The Hall–Kier alpha value is -1.16. The number of sulfone groups is 1. The van der Waals surface area contributed by atoms with Crippen molar-refractivity contribution in [1.82, 2.24) is 0 Å². The first-order chi connectivity index (χ1) is 7.07. The first-order valence-corrected chi connectivity index (χ1v) is 6.40. The molecule has 0 aromatic heterocycles. The van der Waals surface area contributed by atoms with Crippen LogP contribution in [0.1, 0.15) is 18.1 Å². The molecule has 0 aliphatic carbocycles. The van der Waals surface area contributed by atoms with Gasteiger partial charge in [-0.2, -0.15) is 0 Å². The third-order valence-corrected chi connectivity index (χ3v) is 5.08. The summed E-state index contributed by atoms with van der Waals surface area (Å²) in [7, 11) is -3.14. The highest BCUT2D eigenvalue weighted by molar-refractivity contribution is 7.92. The molecular weight excluding hydrogens is 212 g/mol. The third kappa shape index (κ3) is 1.49. The van der Waals surface area contributed by atoms with Crippen molar-refractivity contribution < 1.29 is 13.2 Å². The Morgan fingerprint density at radius 2 is 2.20 bits per heavy atom. The van der Waals surface area contributed by atoms with Gasteiger partial charge in [0.1, 0.15) is 6.29 Å². The van der Waals surface area contributed by atoms with Crippen molar-refractivity contribution >= 4 is 16.1 Å². The van der Waals surface area contributed by atoms with Gasteiger partial charge in [-0.3, -0.25) is 0 Å². The summed E-state index contributed by atoms with van der Waals surface area (Å²) in [6, 6.07) is 5.15. The van der Waals surface area contributed by atoms with Crippen LogP contribution in [0.15, 0.2) is 23.1 Å². The van der Waals surface area contributed by atoms with E-state index in [1.807, 2.05) is 6.07 Å². The van der Waals surface area contributed by atoms with Crippen LogP contribution >= 0.6 is 0 Å². The lowest BCUT2D eigenvalue weighted by Crippen LogP contribution is -2.11. The SMILES string of the molecule is CC1Cc2c(CC=O)cccc2S1(=O)=O. The summed E-state index contributed by atoms with van der Waals surface area (Å²) >= 11 is 0. The van der Waals surface area contributed by atoms with Crippen molar-refractivity contribution in [3.63, 3.8) is 0 Å². The monoisotopic (exact) mass is 224 g/mol. The smallest absolute Gasteiger partial charge is 0.181 e. The summed E-state index contributed by atoms with van der Waals surface area (Å²) in [6.07, 6.45) is 1.64. The minimum Gasteiger partial charge on any atom is -0.303 e. The summed E-state index contributed by atoms with van der Waals surface area (Å²) in [5.41, 5.74) is 1.67. The van der Waals surface area contributed by atoms with Gasteiger partial charge < -0.3 is 4.79 Å². The predicted octanol–water partition coefficient (Wildman–Crippen LogP) is 1.15. The molecule has 4 heteroatoms. The van der Waals surface area contributed by atoms with E-state index in [-0.39, 0.29) is 5.25 Å². The summed E-state index contributed by atoms with van der Waals surface area (Å²) in [4.78, 5) is 10.9. The van der Waals surface area contributed by atoms with E-state index < -0.39 is 9.84 Å². The van der Waals surface area contributed by atoms with E-state index in [1.54, 1.807) is 19.1 Å². The van der Waals surface area contributed by atoms with Crippen LogP contribution in [0.2, 0.25) is 0 Å². The number of fused-ring (bicyclic) bond motifs is 1. The second-order valence-corrected chi connectivity index (χ2v) is 6.16. The molecule has 1 atom stereocenters. The molecule has 0 saturated heterocycles. The van der Waals surface area contributed by atoms with Gasteiger partial charge in [0.05, 0.1) is 10.1 Å². The van der Waals surface area contributed by atoms with Crippen molar-refractivity contribution in [3.8, 4) is 0 Å². The normalized spacial score (nSPS) is 22.3. The van der Waals surface area contributed by atoms with Crippen molar-refractivity contribution in [3.05, 3.63) is 29.3 Å². The molecule has 1 aromatic rings. The van der Waals surface area contributed by atoms with E-state index >= 15 is 0 Å². The number of rotatable bonds is 2. The Kier molecular flexibility index (Phi) is 2.38. The lowest BCUT2D eigenvalue weighted by molar-refractivity contribution is -0.107. The fourth-order valence-corrected chi connectivity index (χ4v) is 3.65. The Morgan fingerprint density at radius 1 is 1.47 bits per heavy atom. The lowest BCUT2D eigenvalue weighted by atomic mass is 10.0. The molecule has 1 heterocycles. The number of benzene rings is 1. The molecule has 1 aliphatic heterocycles. The van der Waals surface area contributed by atoms with E-state index in [9.17, 15) is 13.2 Å². The summed E-state index contributed by atoms with van der Waals surface area (Å²) in [6.45, 7) is 1.71. The minimum absolute atomic E-state index is 0.297. The van der Waals surface area contributed by atoms with Crippen LogP contribution in [-0.2, 0) is 27.5 Å². The highest BCUT2D eigenvalue weighted by Gasteiger charge is 2.34. The maximum Gasteiger partial charge on any atom is 0.181 e. The number of carbonyl (C=O) groups excluding carboxylic acids is 1. The van der Waals surface area contributed by atoms with Gasteiger partial charge in [0.15, 0.2) is 9.84 Å². The molecule has 1 unspecified atom stereocenters. The van der Waals surface area contributed by atoms with Gasteiger partial charge >= 0.3 is 0 Å². The Morgan fingerprint density at radius 3 is 2.87 bits per heavy atom. The summed E-state index contributed by atoms with van der Waals surface area (Å²) in [5.74, 6) is 0. The average Bonchev–Trinajstić information content (AvgIpc) is 2.41. The fraction of sp³-hybridized carbons (Fsp3) is 0.364. The van der Waals surface area contributed by atoms with Crippen LogP contribution in [0.5, 0.6) is 0 Å². The van der Waals surface area contributed by atoms with Crippen molar-refractivity contribution in [2.24, 2.45) is 0 Å². The maximum absolute atomic E-state index is 11.9. The molecule has 0 N–H and O–H groups in total. The van der Waals surface area contributed by atoms with Gasteiger partial charge in [-0.25, -0.2) is 8.42 Å². The zero-order valence-corrected chi connectivity index (χ0v) is 9.25. The van der Waals surface area contributed by atoms with E-state index in [0.717, 1.165) is 17.4 Å². The minimum atomic E-state index is -3.14. The fourth-order valence-electron chi connectivity index (χ4n) is 2.00. The number of carbonyl (C=O) groups is 1. The molecule has 3 nitrogen and oxygen atoms in total. The summed E-state index contributed by atoms with van der Waals surface area (Å²) in [5, 5.41) is -0.361. The number of hydrogen-bond acceptors (Lipinski definition) is 3. The molecule has 0 amide bonds. The first-order valence-electron chi connectivity index (χ1n) is 4.85. The lowest BCUT2D eigenvalue weighted by Gasteiger charge is -2.02. The molecule has 0 bridgehead atoms. The standard InChI is InChI=1S/C11H12O3S/c1-8-7-10-9(5-6-12)3-2-4-11(10)15(8,13)14/h2-4,6,8H,5,7H2,1H3. The largest absolute Gasteiger partial charge is 0.303 e.